The van der Waals surface area contributed by atoms with E-state index in [1.807, 2.05) is 0 Å². The van der Waals surface area contributed by atoms with Crippen molar-refractivity contribution in [2.45, 2.75) is 43.8 Å². The Hall–Kier alpha value is -1.80. The van der Waals surface area contributed by atoms with Gasteiger partial charge in [0, 0.05) is 25.2 Å². The monoisotopic (exact) mass is 400 g/mol. The number of hydrogen-bond acceptors (Lipinski definition) is 4. The lowest BCUT2D eigenvalue weighted by Crippen LogP contribution is -2.60. The molecule has 1 aromatic rings. The number of amides is 1. The highest BCUT2D eigenvalue weighted by Gasteiger charge is 2.38. The van der Waals surface area contributed by atoms with Crippen molar-refractivity contribution in [2.24, 2.45) is 0 Å². The van der Waals surface area contributed by atoms with E-state index in [1.54, 1.807) is 0 Å². The summed E-state index contributed by atoms with van der Waals surface area (Å²) in [7, 11) is 0. The summed E-state index contributed by atoms with van der Waals surface area (Å²) in [6.45, 7) is 3.52. The first-order valence-electron chi connectivity index (χ1n) is 9.79. The number of carbonyl (C=O) groups is 1. The van der Waals surface area contributed by atoms with Crippen molar-refractivity contribution in [2.75, 3.05) is 39.5 Å². The number of nitrogens with zero attached hydrogens (tertiary/aromatic N) is 1. The van der Waals surface area contributed by atoms with Gasteiger partial charge in [-0.1, -0.05) is 19.3 Å². The Morgan fingerprint density at radius 2 is 1.75 bits per heavy atom. The number of hydrogen-bond donors (Lipinski definition) is 1. The molecule has 0 spiro atoms. The van der Waals surface area contributed by atoms with Gasteiger partial charge < -0.3 is 14.8 Å². The summed E-state index contributed by atoms with van der Waals surface area (Å²) in [5.41, 5.74) is -0.777. The number of ether oxygens (including phenoxy) is 2. The fourth-order valence-corrected chi connectivity index (χ4v) is 4.06. The second-order valence-electron chi connectivity index (χ2n) is 7.47. The third-order valence-electron chi connectivity index (χ3n) is 5.63. The van der Waals surface area contributed by atoms with Crippen molar-refractivity contribution in [1.29, 1.82) is 0 Å². The molecule has 2 fully saturated rings. The Morgan fingerprint density at radius 3 is 2.36 bits per heavy atom. The molecule has 1 saturated carbocycles. The summed E-state index contributed by atoms with van der Waals surface area (Å²) in [6, 6.07) is 4.35. The summed E-state index contributed by atoms with van der Waals surface area (Å²) in [6.07, 6.45) is 1.23. The molecule has 1 aliphatic carbocycles. The zero-order valence-corrected chi connectivity index (χ0v) is 15.9. The molecular weight excluding hydrogens is 373 g/mol. The third-order valence-corrected chi connectivity index (χ3v) is 5.63. The van der Waals surface area contributed by atoms with Crippen molar-refractivity contribution < 1.29 is 27.4 Å². The summed E-state index contributed by atoms with van der Waals surface area (Å²) < 4.78 is 48.6. The quantitative estimate of drug-likeness (QED) is 0.797. The molecule has 1 N–H and O–H groups in total. The van der Waals surface area contributed by atoms with Crippen LogP contribution in [-0.2, 0) is 15.7 Å². The van der Waals surface area contributed by atoms with Crippen LogP contribution in [0.1, 0.15) is 37.7 Å². The SMILES string of the molecule is O=C(COc1ccc(C(F)(F)F)cc1)NCC1(N2CCOCC2)CCCCC1. The number of carbonyl (C=O) groups excluding carboxylic acids is 1. The van der Waals surface area contributed by atoms with E-state index in [9.17, 15) is 18.0 Å². The van der Waals surface area contributed by atoms with E-state index < -0.39 is 11.7 Å². The lowest BCUT2D eigenvalue weighted by molar-refractivity contribution is -0.137. The summed E-state index contributed by atoms with van der Waals surface area (Å²) in [4.78, 5) is 14.7. The molecule has 28 heavy (non-hydrogen) atoms. The molecule has 5 nitrogen and oxygen atoms in total. The fourth-order valence-electron chi connectivity index (χ4n) is 4.06. The molecule has 156 valence electrons. The van der Waals surface area contributed by atoms with Gasteiger partial charge in [-0.25, -0.2) is 0 Å². The summed E-state index contributed by atoms with van der Waals surface area (Å²) in [5, 5.41) is 2.97. The van der Waals surface area contributed by atoms with Crippen LogP contribution in [0.2, 0.25) is 0 Å². The number of morpholine rings is 1. The molecule has 0 aromatic heterocycles. The van der Waals surface area contributed by atoms with Crippen LogP contribution in [0.5, 0.6) is 5.75 Å². The van der Waals surface area contributed by atoms with Gasteiger partial charge in [0.2, 0.25) is 0 Å². The number of rotatable bonds is 6. The maximum atomic E-state index is 12.6. The zero-order chi connectivity index (χ0) is 20.0. The van der Waals surface area contributed by atoms with Gasteiger partial charge in [-0.05, 0) is 37.1 Å². The highest BCUT2D eigenvalue weighted by Crippen LogP contribution is 2.34. The average molecular weight is 400 g/mol. The standard InChI is InChI=1S/C20H27F3N2O3/c21-20(22,23)16-4-6-17(7-5-16)28-14-18(26)24-15-19(8-2-1-3-9-19)25-10-12-27-13-11-25/h4-7H,1-3,8-15H2,(H,24,26). The van der Waals surface area contributed by atoms with Crippen molar-refractivity contribution in [1.82, 2.24) is 10.2 Å². The number of benzene rings is 1. The van der Waals surface area contributed by atoms with Gasteiger partial charge in [-0.15, -0.1) is 0 Å². The van der Waals surface area contributed by atoms with E-state index in [4.69, 9.17) is 9.47 Å². The molecule has 3 rings (SSSR count). The minimum atomic E-state index is -4.39. The van der Waals surface area contributed by atoms with Crippen LogP contribution in [0.25, 0.3) is 0 Å². The Balaban J connectivity index is 1.50. The first kappa shape index (κ1) is 20.9. The largest absolute Gasteiger partial charge is 0.484 e. The zero-order valence-electron chi connectivity index (χ0n) is 15.9. The second kappa shape index (κ2) is 9.13. The molecule has 0 unspecified atom stereocenters. The van der Waals surface area contributed by atoms with Gasteiger partial charge in [-0.2, -0.15) is 13.2 Å². The van der Waals surface area contributed by atoms with Crippen molar-refractivity contribution >= 4 is 5.91 Å². The molecule has 1 amide bonds. The second-order valence-corrected chi connectivity index (χ2v) is 7.47. The summed E-state index contributed by atoms with van der Waals surface area (Å²) >= 11 is 0. The normalized spacial score (nSPS) is 20.5. The number of nitrogens with one attached hydrogen (secondary N) is 1. The van der Waals surface area contributed by atoms with E-state index in [0.29, 0.717) is 19.8 Å². The van der Waals surface area contributed by atoms with Crippen LogP contribution >= 0.6 is 0 Å². The minimum Gasteiger partial charge on any atom is -0.484 e. The van der Waals surface area contributed by atoms with E-state index in [-0.39, 0.29) is 23.8 Å². The molecule has 0 radical (unpaired) electrons. The molecule has 0 bridgehead atoms. The van der Waals surface area contributed by atoms with E-state index in [1.165, 1.54) is 18.6 Å². The lowest BCUT2D eigenvalue weighted by atomic mass is 9.79. The maximum Gasteiger partial charge on any atom is 0.416 e. The minimum absolute atomic E-state index is 0.0357. The van der Waals surface area contributed by atoms with Crippen molar-refractivity contribution in [3.05, 3.63) is 29.8 Å². The van der Waals surface area contributed by atoms with E-state index in [0.717, 1.165) is 50.9 Å². The third kappa shape index (κ3) is 5.38. The Bertz CT molecular complexity index is 637. The van der Waals surface area contributed by atoms with Crippen molar-refractivity contribution in [3.8, 4) is 5.75 Å². The van der Waals surface area contributed by atoms with E-state index >= 15 is 0 Å². The maximum absolute atomic E-state index is 12.6. The highest BCUT2D eigenvalue weighted by atomic mass is 19.4. The average Bonchev–Trinajstić information content (AvgIpc) is 2.72. The van der Waals surface area contributed by atoms with Crippen LogP contribution in [0.3, 0.4) is 0 Å². The molecular formula is C20H27F3N2O3. The van der Waals surface area contributed by atoms with Crippen molar-refractivity contribution in [3.63, 3.8) is 0 Å². The van der Waals surface area contributed by atoms with Crippen LogP contribution in [0, 0.1) is 0 Å². The molecule has 2 aliphatic rings. The van der Waals surface area contributed by atoms with Gasteiger partial charge in [0.15, 0.2) is 6.61 Å². The Labute approximate surface area is 163 Å². The van der Waals surface area contributed by atoms with Crippen LogP contribution < -0.4 is 10.1 Å². The van der Waals surface area contributed by atoms with Crippen LogP contribution in [0.15, 0.2) is 24.3 Å². The number of halogens is 3. The van der Waals surface area contributed by atoms with E-state index in [2.05, 4.69) is 10.2 Å². The topological polar surface area (TPSA) is 50.8 Å². The van der Waals surface area contributed by atoms with Gasteiger partial charge in [0.25, 0.3) is 5.91 Å². The predicted molar refractivity (Wildman–Crippen MR) is 98.2 cm³/mol. The van der Waals surface area contributed by atoms with Crippen LogP contribution in [0.4, 0.5) is 13.2 Å². The molecule has 8 heteroatoms. The predicted octanol–water partition coefficient (Wildman–Crippen LogP) is 3.24. The first-order chi connectivity index (χ1) is 13.4. The fraction of sp³-hybridized carbons (Fsp3) is 0.650. The number of alkyl halides is 3. The van der Waals surface area contributed by atoms with Gasteiger partial charge >= 0.3 is 6.18 Å². The van der Waals surface area contributed by atoms with Gasteiger partial charge in [-0.3, -0.25) is 9.69 Å². The lowest BCUT2D eigenvalue weighted by Gasteiger charge is -2.48. The smallest absolute Gasteiger partial charge is 0.416 e. The molecule has 1 heterocycles. The highest BCUT2D eigenvalue weighted by molar-refractivity contribution is 5.77. The summed E-state index contributed by atoms with van der Waals surface area (Å²) in [5.74, 6) is -0.0261. The Kier molecular flexibility index (Phi) is 6.82. The Morgan fingerprint density at radius 1 is 1.11 bits per heavy atom. The van der Waals surface area contributed by atoms with Crippen LogP contribution in [-0.4, -0.2) is 55.8 Å². The molecule has 1 saturated heterocycles. The molecule has 1 aliphatic heterocycles. The van der Waals surface area contributed by atoms with Gasteiger partial charge in [0.05, 0.1) is 18.8 Å². The first-order valence-corrected chi connectivity index (χ1v) is 9.79. The van der Waals surface area contributed by atoms with Gasteiger partial charge in [0.1, 0.15) is 5.75 Å². The molecule has 1 aromatic carbocycles. The molecule has 0 atom stereocenters.